The summed E-state index contributed by atoms with van der Waals surface area (Å²) in [4.78, 5) is 0. The first-order valence-corrected chi connectivity index (χ1v) is 4.11. The zero-order valence-electron chi connectivity index (χ0n) is 7.14. The molecule has 1 aromatic carbocycles. The maximum absolute atomic E-state index is 8.74. The van der Waals surface area contributed by atoms with E-state index in [1.54, 1.807) is 0 Å². The summed E-state index contributed by atoms with van der Waals surface area (Å²) in [6.45, 7) is 1.98. The highest BCUT2D eigenvalue weighted by molar-refractivity contribution is 5.18. The Morgan fingerprint density at radius 2 is 1.75 bits per heavy atom. The van der Waals surface area contributed by atoms with Gasteiger partial charge in [0, 0.05) is 6.42 Å². The third-order valence-corrected chi connectivity index (χ3v) is 1.93. The highest BCUT2D eigenvalue weighted by atomic mass is 16.5. The van der Waals surface area contributed by atoms with Gasteiger partial charge in [-0.25, -0.2) is 0 Å². The molecule has 2 nitrogen and oxygen atoms in total. The molecule has 2 heteroatoms. The van der Waals surface area contributed by atoms with Crippen molar-refractivity contribution in [1.29, 1.82) is 0 Å². The second kappa shape index (κ2) is 4.24. The molecular weight excluding hydrogens is 152 g/mol. The van der Waals surface area contributed by atoms with E-state index in [0.29, 0.717) is 6.42 Å². The van der Waals surface area contributed by atoms with Gasteiger partial charge < -0.3 is 10.2 Å². The lowest BCUT2D eigenvalue weighted by Gasteiger charge is -2.12. The minimum Gasteiger partial charge on any atom is -0.368 e. The Morgan fingerprint density at radius 3 is 2.25 bits per heavy atom. The maximum atomic E-state index is 8.74. The largest absolute Gasteiger partial charge is 0.368 e. The van der Waals surface area contributed by atoms with Gasteiger partial charge >= 0.3 is 0 Å². The Bertz CT molecular complexity index is 219. The Kier molecular flexibility index (Phi) is 3.26. The second-order valence-electron chi connectivity index (χ2n) is 3.03. The molecule has 1 unspecified atom stereocenters. The molecule has 0 aliphatic rings. The molecule has 0 saturated carbocycles. The molecule has 0 spiro atoms. The van der Waals surface area contributed by atoms with E-state index in [1.165, 1.54) is 0 Å². The number of benzene rings is 1. The number of aliphatic hydroxyl groups is 2. The van der Waals surface area contributed by atoms with Crippen LogP contribution in [-0.2, 0) is 0 Å². The Hall–Kier alpha value is -0.860. The first-order chi connectivity index (χ1) is 5.70. The molecule has 0 fully saturated rings. The van der Waals surface area contributed by atoms with E-state index in [4.69, 9.17) is 10.2 Å². The molecule has 0 bridgehead atoms. The van der Waals surface area contributed by atoms with E-state index in [2.05, 4.69) is 0 Å². The van der Waals surface area contributed by atoms with Crippen LogP contribution in [0.2, 0.25) is 0 Å². The lowest BCUT2D eigenvalue weighted by Crippen LogP contribution is -2.08. The van der Waals surface area contributed by atoms with Crippen molar-refractivity contribution < 1.29 is 10.2 Å². The summed E-state index contributed by atoms with van der Waals surface area (Å²) in [7, 11) is 0. The number of aliphatic hydroxyl groups excluding tert-OH is 1. The van der Waals surface area contributed by atoms with Gasteiger partial charge in [-0.05, 0) is 11.5 Å². The van der Waals surface area contributed by atoms with Gasteiger partial charge in [-0.1, -0.05) is 37.3 Å². The maximum Gasteiger partial charge on any atom is 0.152 e. The van der Waals surface area contributed by atoms with Crippen LogP contribution in [0.1, 0.15) is 24.8 Å². The number of hydrogen-bond donors (Lipinski definition) is 2. The highest BCUT2D eigenvalue weighted by Crippen LogP contribution is 2.18. The summed E-state index contributed by atoms with van der Waals surface area (Å²) in [5.41, 5.74) is 1.14. The molecule has 2 N–H and O–H groups in total. The summed E-state index contributed by atoms with van der Waals surface area (Å²) >= 11 is 0. The lowest BCUT2D eigenvalue weighted by molar-refractivity contribution is -0.0487. The van der Waals surface area contributed by atoms with Crippen molar-refractivity contribution in [2.75, 3.05) is 0 Å². The molecule has 1 atom stereocenters. The molecule has 0 heterocycles. The van der Waals surface area contributed by atoms with Crippen molar-refractivity contribution in [2.24, 2.45) is 0 Å². The Balaban J connectivity index is 2.59. The molecule has 0 saturated heterocycles. The summed E-state index contributed by atoms with van der Waals surface area (Å²) in [5.74, 6) is 0.200. The number of hydrogen-bond acceptors (Lipinski definition) is 2. The second-order valence-corrected chi connectivity index (χ2v) is 3.03. The predicted molar refractivity (Wildman–Crippen MR) is 47.7 cm³/mol. The van der Waals surface area contributed by atoms with Crippen molar-refractivity contribution in [3.8, 4) is 0 Å². The first-order valence-electron chi connectivity index (χ1n) is 4.11. The fourth-order valence-electron chi connectivity index (χ4n) is 1.23. The predicted octanol–water partition coefficient (Wildman–Crippen LogP) is 1.49. The van der Waals surface area contributed by atoms with Gasteiger partial charge in [-0.2, -0.15) is 0 Å². The van der Waals surface area contributed by atoms with Crippen molar-refractivity contribution in [1.82, 2.24) is 0 Å². The van der Waals surface area contributed by atoms with Crippen LogP contribution in [0.15, 0.2) is 30.3 Å². The van der Waals surface area contributed by atoms with Gasteiger partial charge in [0.25, 0.3) is 0 Å². The third-order valence-electron chi connectivity index (χ3n) is 1.93. The first kappa shape index (κ1) is 9.23. The standard InChI is InChI=1S/C10H14O2/c1-8(7-10(11)12)9-5-3-2-4-6-9/h2-6,8,10-12H,7H2,1H3. The molecule has 0 aromatic heterocycles. The van der Waals surface area contributed by atoms with Crippen LogP contribution in [-0.4, -0.2) is 16.5 Å². The van der Waals surface area contributed by atoms with Crippen molar-refractivity contribution in [3.05, 3.63) is 35.9 Å². The third kappa shape index (κ3) is 2.64. The fraction of sp³-hybridized carbons (Fsp3) is 0.400. The quantitative estimate of drug-likeness (QED) is 0.668. The lowest BCUT2D eigenvalue weighted by atomic mass is 9.98. The van der Waals surface area contributed by atoms with Gasteiger partial charge in [0.1, 0.15) is 0 Å². The van der Waals surface area contributed by atoms with Crippen LogP contribution < -0.4 is 0 Å². The van der Waals surface area contributed by atoms with Gasteiger partial charge in [-0.15, -0.1) is 0 Å². The van der Waals surface area contributed by atoms with E-state index >= 15 is 0 Å². The molecule has 0 amide bonds. The minimum atomic E-state index is -1.21. The molecule has 66 valence electrons. The van der Waals surface area contributed by atoms with E-state index < -0.39 is 6.29 Å². The van der Waals surface area contributed by atoms with Crippen molar-refractivity contribution in [2.45, 2.75) is 25.6 Å². The molecule has 12 heavy (non-hydrogen) atoms. The molecule has 0 radical (unpaired) electrons. The van der Waals surface area contributed by atoms with E-state index in [-0.39, 0.29) is 5.92 Å². The Morgan fingerprint density at radius 1 is 1.17 bits per heavy atom. The average Bonchev–Trinajstić information content (AvgIpc) is 2.05. The molecule has 0 aliphatic heterocycles. The van der Waals surface area contributed by atoms with Crippen LogP contribution in [0.25, 0.3) is 0 Å². The Labute approximate surface area is 72.5 Å². The summed E-state index contributed by atoms with van der Waals surface area (Å²) in [5, 5.41) is 17.5. The van der Waals surface area contributed by atoms with Gasteiger partial charge in [0.05, 0.1) is 0 Å². The monoisotopic (exact) mass is 166 g/mol. The molecule has 1 aromatic rings. The fourth-order valence-corrected chi connectivity index (χ4v) is 1.23. The smallest absolute Gasteiger partial charge is 0.152 e. The van der Waals surface area contributed by atoms with Crippen molar-refractivity contribution >= 4 is 0 Å². The zero-order chi connectivity index (χ0) is 8.97. The van der Waals surface area contributed by atoms with E-state index in [0.717, 1.165) is 5.56 Å². The molecule has 1 rings (SSSR count). The van der Waals surface area contributed by atoms with Gasteiger partial charge in [0.15, 0.2) is 6.29 Å². The van der Waals surface area contributed by atoms with Crippen LogP contribution in [0, 0.1) is 0 Å². The highest BCUT2D eigenvalue weighted by Gasteiger charge is 2.08. The van der Waals surface area contributed by atoms with Gasteiger partial charge in [0.2, 0.25) is 0 Å². The number of rotatable bonds is 3. The van der Waals surface area contributed by atoms with E-state index in [1.807, 2.05) is 37.3 Å². The van der Waals surface area contributed by atoms with Gasteiger partial charge in [-0.3, -0.25) is 0 Å². The van der Waals surface area contributed by atoms with Crippen LogP contribution in [0.3, 0.4) is 0 Å². The van der Waals surface area contributed by atoms with Crippen LogP contribution in [0.4, 0.5) is 0 Å². The minimum absolute atomic E-state index is 0.200. The van der Waals surface area contributed by atoms with E-state index in [9.17, 15) is 0 Å². The summed E-state index contributed by atoms with van der Waals surface area (Å²) < 4.78 is 0. The zero-order valence-corrected chi connectivity index (χ0v) is 7.14. The average molecular weight is 166 g/mol. The normalized spacial score (nSPS) is 13.3. The molecular formula is C10H14O2. The summed E-state index contributed by atoms with van der Waals surface area (Å²) in [6, 6.07) is 9.84. The SMILES string of the molecule is CC(CC(O)O)c1ccccc1. The van der Waals surface area contributed by atoms with Crippen molar-refractivity contribution in [3.63, 3.8) is 0 Å². The molecule has 0 aliphatic carbocycles. The van der Waals surface area contributed by atoms with Crippen LogP contribution >= 0.6 is 0 Å². The topological polar surface area (TPSA) is 40.5 Å². The summed E-state index contributed by atoms with van der Waals surface area (Å²) in [6.07, 6.45) is -0.815. The van der Waals surface area contributed by atoms with Crippen LogP contribution in [0.5, 0.6) is 0 Å².